The zero-order valence-electron chi connectivity index (χ0n) is 13.6. The average Bonchev–Trinajstić information content (AvgIpc) is 2.91. The van der Waals surface area contributed by atoms with E-state index in [1.165, 1.54) is 5.56 Å². The molecule has 1 aliphatic heterocycles. The van der Waals surface area contributed by atoms with Crippen molar-refractivity contribution in [2.45, 2.75) is 38.8 Å². The van der Waals surface area contributed by atoms with Crippen LogP contribution < -0.4 is 5.48 Å². The first-order valence-corrected chi connectivity index (χ1v) is 7.59. The lowest BCUT2D eigenvalue weighted by Gasteiger charge is -2.19. The summed E-state index contributed by atoms with van der Waals surface area (Å²) in [7, 11) is 0. The molecule has 1 heterocycles. The van der Waals surface area contributed by atoms with Crippen LogP contribution in [0.5, 0.6) is 0 Å². The highest BCUT2D eigenvalue weighted by Crippen LogP contribution is 2.30. The lowest BCUT2D eigenvalue weighted by molar-refractivity contribution is -0.0452. The predicted molar refractivity (Wildman–Crippen MR) is 89.7 cm³/mol. The van der Waals surface area contributed by atoms with Crippen LogP contribution >= 0.6 is 0 Å². The molecule has 1 N–H and O–H groups in total. The van der Waals surface area contributed by atoms with Crippen molar-refractivity contribution in [2.75, 3.05) is 0 Å². The monoisotopic (exact) mass is 294 g/mol. The molecule has 0 bridgehead atoms. The van der Waals surface area contributed by atoms with Crippen LogP contribution in [0.1, 0.15) is 44.4 Å². The minimum Gasteiger partial charge on any atom is -0.246 e. The first-order chi connectivity index (χ1) is 10.4. The fraction of sp³-hybridized carbons (Fsp3) is 0.316. The van der Waals surface area contributed by atoms with Gasteiger partial charge in [-0.25, -0.2) is 15.3 Å². The summed E-state index contributed by atoms with van der Waals surface area (Å²) in [5.41, 5.74) is 5.81. The Bertz CT molecular complexity index is 684. The van der Waals surface area contributed by atoms with E-state index in [1.807, 2.05) is 37.3 Å². The number of nitrogens with zero attached hydrogens (tertiary/aromatic N) is 1. The maximum absolute atomic E-state index is 5.74. The van der Waals surface area contributed by atoms with Gasteiger partial charge in [0.05, 0.1) is 0 Å². The number of aliphatic imine (C=N–C) groups is 1. The van der Waals surface area contributed by atoms with Crippen molar-refractivity contribution in [3.8, 4) is 0 Å². The van der Waals surface area contributed by atoms with Gasteiger partial charge in [0.15, 0.2) is 5.84 Å². The molecule has 3 nitrogen and oxygen atoms in total. The van der Waals surface area contributed by atoms with E-state index < -0.39 is 5.72 Å². The van der Waals surface area contributed by atoms with Crippen LogP contribution in [0.25, 0.3) is 0 Å². The molecule has 0 aromatic heterocycles. The molecule has 1 atom stereocenters. The maximum atomic E-state index is 5.74. The Morgan fingerprint density at radius 3 is 2.18 bits per heavy atom. The summed E-state index contributed by atoms with van der Waals surface area (Å²) >= 11 is 0. The SMILES string of the molecule is CC(C)(C)c1ccc(C2=NC(C)(c3ccccc3)ON2)cc1. The summed E-state index contributed by atoms with van der Waals surface area (Å²) in [6.07, 6.45) is 0. The minimum absolute atomic E-state index is 0.151. The van der Waals surface area contributed by atoms with Crippen LogP contribution in [-0.2, 0) is 16.0 Å². The fourth-order valence-corrected chi connectivity index (χ4v) is 2.53. The predicted octanol–water partition coefficient (Wildman–Crippen LogP) is 4.14. The molecular formula is C19H22N2O. The zero-order chi connectivity index (χ0) is 15.8. The molecule has 22 heavy (non-hydrogen) atoms. The summed E-state index contributed by atoms with van der Waals surface area (Å²) < 4.78 is 0. The van der Waals surface area contributed by atoms with Crippen molar-refractivity contribution < 1.29 is 4.84 Å². The van der Waals surface area contributed by atoms with Crippen LogP contribution in [0, 0.1) is 0 Å². The minimum atomic E-state index is -0.681. The molecule has 0 saturated carbocycles. The number of hydrogen-bond donors (Lipinski definition) is 1. The molecule has 0 spiro atoms. The summed E-state index contributed by atoms with van der Waals surface area (Å²) in [5.74, 6) is 0.770. The first kappa shape index (κ1) is 14.8. The van der Waals surface area contributed by atoms with Crippen LogP contribution in [0.4, 0.5) is 0 Å². The summed E-state index contributed by atoms with van der Waals surface area (Å²) in [6.45, 7) is 8.60. The van der Waals surface area contributed by atoms with Crippen molar-refractivity contribution in [3.05, 3.63) is 71.3 Å². The van der Waals surface area contributed by atoms with Gasteiger partial charge in [0.2, 0.25) is 5.72 Å². The van der Waals surface area contributed by atoms with Crippen LogP contribution in [0.2, 0.25) is 0 Å². The lowest BCUT2D eigenvalue weighted by atomic mass is 9.86. The highest BCUT2D eigenvalue weighted by molar-refractivity contribution is 5.99. The second kappa shape index (κ2) is 5.25. The van der Waals surface area contributed by atoms with Gasteiger partial charge in [-0.1, -0.05) is 75.4 Å². The summed E-state index contributed by atoms with van der Waals surface area (Å²) in [6, 6.07) is 18.5. The van der Waals surface area contributed by atoms with E-state index in [0.717, 1.165) is 17.0 Å². The number of nitrogens with one attached hydrogen (secondary N) is 1. The van der Waals surface area contributed by atoms with Gasteiger partial charge >= 0.3 is 0 Å². The molecule has 0 aliphatic carbocycles. The van der Waals surface area contributed by atoms with Crippen molar-refractivity contribution in [1.82, 2.24) is 5.48 Å². The lowest BCUT2D eigenvalue weighted by Crippen LogP contribution is -2.24. The zero-order valence-corrected chi connectivity index (χ0v) is 13.6. The van der Waals surface area contributed by atoms with Gasteiger partial charge < -0.3 is 0 Å². The van der Waals surface area contributed by atoms with Gasteiger partial charge in [0, 0.05) is 11.1 Å². The second-order valence-corrected chi connectivity index (χ2v) is 6.84. The fourth-order valence-electron chi connectivity index (χ4n) is 2.53. The normalized spacial score (nSPS) is 21.4. The summed E-state index contributed by atoms with van der Waals surface area (Å²) in [5, 5.41) is 0. The Morgan fingerprint density at radius 1 is 0.955 bits per heavy atom. The molecular weight excluding hydrogens is 272 g/mol. The molecule has 1 unspecified atom stereocenters. The second-order valence-electron chi connectivity index (χ2n) is 6.84. The third-order valence-electron chi connectivity index (χ3n) is 4.01. The molecule has 0 radical (unpaired) electrons. The Hall–Kier alpha value is -2.13. The highest BCUT2D eigenvalue weighted by Gasteiger charge is 2.33. The largest absolute Gasteiger partial charge is 0.246 e. The summed E-state index contributed by atoms with van der Waals surface area (Å²) in [4.78, 5) is 10.5. The molecule has 0 saturated heterocycles. The number of rotatable bonds is 2. The van der Waals surface area contributed by atoms with Gasteiger partial charge in [0.25, 0.3) is 0 Å². The van der Waals surface area contributed by atoms with Crippen molar-refractivity contribution in [1.29, 1.82) is 0 Å². The molecule has 114 valence electrons. The van der Waals surface area contributed by atoms with Gasteiger partial charge in [-0.05, 0) is 17.9 Å². The van der Waals surface area contributed by atoms with Gasteiger partial charge in [-0.3, -0.25) is 0 Å². The number of benzene rings is 2. The number of amidine groups is 1. The molecule has 1 aliphatic rings. The van der Waals surface area contributed by atoms with Crippen molar-refractivity contribution >= 4 is 5.84 Å². The molecule has 0 amide bonds. The Labute approximate surface area is 132 Å². The molecule has 3 rings (SSSR count). The quantitative estimate of drug-likeness (QED) is 0.903. The number of hydrogen-bond acceptors (Lipinski definition) is 3. The van der Waals surface area contributed by atoms with Gasteiger partial charge in [-0.2, -0.15) is 0 Å². The standard InChI is InChI=1S/C19H22N2O/c1-18(2,3)15-12-10-14(11-13-15)17-20-19(4,22-21-17)16-8-6-5-7-9-16/h5-13H,1-4H3,(H,20,21). The third-order valence-corrected chi connectivity index (χ3v) is 4.01. The van der Waals surface area contributed by atoms with E-state index in [9.17, 15) is 0 Å². The Kier molecular flexibility index (Phi) is 3.53. The molecule has 3 heteroatoms. The van der Waals surface area contributed by atoms with E-state index in [-0.39, 0.29) is 5.41 Å². The smallest absolute Gasteiger partial charge is 0.210 e. The topological polar surface area (TPSA) is 33.6 Å². The van der Waals surface area contributed by atoms with Crippen LogP contribution in [0.15, 0.2) is 59.6 Å². The average molecular weight is 294 g/mol. The molecule has 2 aromatic rings. The van der Waals surface area contributed by atoms with E-state index in [4.69, 9.17) is 9.83 Å². The van der Waals surface area contributed by atoms with Crippen molar-refractivity contribution in [2.24, 2.45) is 4.99 Å². The van der Waals surface area contributed by atoms with E-state index >= 15 is 0 Å². The van der Waals surface area contributed by atoms with Gasteiger partial charge in [-0.15, -0.1) is 0 Å². The van der Waals surface area contributed by atoms with Gasteiger partial charge in [0.1, 0.15) is 0 Å². The van der Waals surface area contributed by atoms with E-state index in [1.54, 1.807) is 0 Å². The Balaban J connectivity index is 1.89. The van der Waals surface area contributed by atoms with Crippen molar-refractivity contribution in [3.63, 3.8) is 0 Å². The highest BCUT2D eigenvalue weighted by atomic mass is 16.7. The number of hydroxylamine groups is 1. The first-order valence-electron chi connectivity index (χ1n) is 7.59. The van der Waals surface area contributed by atoms with Crippen LogP contribution in [0.3, 0.4) is 0 Å². The Morgan fingerprint density at radius 2 is 1.59 bits per heavy atom. The maximum Gasteiger partial charge on any atom is 0.210 e. The third kappa shape index (κ3) is 2.77. The van der Waals surface area contributed by atoms with E-state index in [2.05, 4.69) is 50.5 Å². The molecule has 2 aromatic carbocycles. The van der Waals surface area contributed by atoms with E-state index in [0.29, 0.717) is 0 Å². The molecule has 0 fully saturated rings. The van der Waals surface area contributed by atoms with Crippen LogP contribution in [-0.4, -0.2) is 5.84 Å².